The summed E-state index contributed by atoms with van der Waals surface area (Å²) in [7, 11) is -0.745. The van der Waals surface area contributed by atoms with Crippen molar-refractivity contribution in [2.75, 3.05) is 18.6 Å². The van der Waals surface area contributed by atoms with E-state index in [1.54, 1.807) is 6.92 Å². The molecule has 0 bridgehead atoms. The van der Waals surface area contributed by atoms with Gasteiger partial charge < -0.3 is 5.32 Å². The molecule has 0 aromatic rings. The summed E-state index contributed by atoms with van der Waals surface area (Å²) < 4.78 is 22.8. The molecular formula is C12H25NO2S. The first-order valence-corrected chi connectivity index (χ1v) is 8.29. The van der Waals surface area contributed by atoms with Gasteiger partial charge in [0, 0.05) is 11.8 Å². The Balaban J connectivity index is 2.30. The Bertz CT molecular complexity index is 287. The van der Waals surface area contributed by atoms with E-state index in [0.29, 0.717) is 17.7 Å². The predicted molar refractivity (Wildman–Crippen MR) is 68.4 cm³/mol. The van der Waals surface area contributed by atoms with E-state index >= 15 is 0 Å². The summed E-state index contributed by atoms with van der Waals surface area (Å²) >= 11 is 0. The highest BCUT2D eigenvalue weighted by molar-refractivity contribution is 7.91. The van der Waals surface area contributed by atoms with Crippen molar-refractivity contribution in [2.24, 2.45) is 5.92 Å². The van der Waals surface area contributed by atoms with Crippen molar-refractivity contribution in [3.63, 3.8) is 0 Å². The summed E-state index contributed by atoms with van der Waals surface area (Å²) in [5.74, 6) is 1.34. The lowest BCUT2D eigenvalue weighted by atomic mass is 9.82. The highest BCUT2D eigenvalue weighted by atomic mass is 32.2. The first-order chi connectivity index (χ1) is 7.59. The number of hydrogen-bond donors (Lipinski definition) is 1. The first-order valence-electron chi connectivity index (χ1n) is 6.46. The Morgan fingerprint density at radius 2 is 1.94 bits per heavy atom. The van der Waals surface area contributed by atoms with Gasteiger partial charge in [0.15, 0.2) is 0 Å². The second kappa shape index (κ2) is 6.60. The second-order valence-corrected chi connectivity index (χ2v) is 7.29. The van der Waals surface area contributed by atoms with Crippen LogP contribution in [0.15, 0.2) is 0 Å². The van der Waals surface area contributed by atoms with Crippen LogP contribution in [0.2, 0.25) is 0 Å². The van der Waals surface area contributed by atoms with Crippen LogP contribution in [-0.4, -0.2) is 33.0 Å². The van der Waals surface area contributed by atoms with Gasteiger partial charge in [-0.2, -0.15) is 0 Å². The minimum absolute atomic E-state index is 0.285. The fraction of sp³-hybridized carbons (Fsp3) is 1.00. The number of sulfone groups is 1. The van der Waals surface area contributed by atoms with Gasteiger partial charge in [0.2, 0.25) is 0 Å². The molecule has 1 N–H and O–H groups in total. The quantitative estimate of drug-likeness (QED) is 0.780. The largest absolute Gasteiger partial charge is 0.317 e. The highest BCUT2D eigenvalue weighted by Gasteiger charge is 2.23. The monoisotopic (exact) mass is 247 g/mol. The molecule has 1 aliphatic rings. The lowest BCUT2D eigenvalue weighted by Crippen LogP contribution is -2.36. The van der Waals surface area contributed by atoms with E-state index in [4.69, 9.17) is 0 Å². The third-order valence-electron chi connectivity index (χ3n) is 3.75. The van der Waals surface area contributed by atoms with Crippen LogP contribution < -0.4 is 5.32 Å². The SMILES string of the molecule is CCS(=O)(=O)CCCC1CCCCC1NC. The van der Waals surface area contributed by atoms with E-state index in [2.05, 4.69) is 5.32 Å². The third-order valence-corrected chi connectivity index (χ3v) is 5.54. The summed E-state index contributed by atoms with van der Waals surface area (Å²) in [6.07, 6.45) is 7.03. The Kier molecular flexibility index (Phi) is 5.76. The molecule has 0 saturated heterocycles. The zero-order valence-electron chi connectivity index (χ0n) is 10.5. The van der Waals surface area contributed by atoms with Crippen LogP contribution in [0.25, 0.3) is 0 Å². The highest BCUT2D eigenvalue weighted by Crippen LogP contribution is 2.27. The molecule has 16 heavy (non-hydrogen) atoms. The van der Waals surface area contributed by atoms with Crippen LogP contribution in [0.1, 0.15) is 45.4 Å². The van der Waals surface area contributed by atoms with Gasteiger partial charge in [0.1, 0.15) is 9.84 Å². The topological polar surface area (TPSA) is 46.2 Å². The maximum atomic E-state index is 11.4. The molecule has 0 heterocycles. The lowest BCUT2D eigenvalue weighted by Gasteiger charge is -2.31. The molecule has 2 atom stereocenters. The van der Waals surface area contributed by atoms with Crippen LogP contribution in [0.5, 0.6) is 0 Å². The smallest absolute Gasteiger partial charge is 0.150 e. The molecule has 0 radical (unpaired) electrons. The van der Waals surface area contributed by atoms with Crippen molar-refractivity contribution >= 4 is 9.84 Å². The normalized spacial score (nSPS) is 26.9. The molecule has 0 aromatic heterocycles. The summed E-state index contributed by atoms with van der Waals surface area (Å²) in [5.41, 5.74) is 0. The van der Waals surface area contributed by atoms with Gasteiger partial charge in [0.05, 0.1) is 5.75 Å². The van der Waals surface area contributed by atoms with Crippen LogP contribution in [0.4, 0.5) is 0 Å². The average Bonchev–Trinajstić information content (AvgIpc) is 2.29. The van der Waals surface area contributed by atoms with E-state index in [9.17, 15) is 8.42 Å². The van der Waals surface area contributed by atoms with Crippen molar-refractivity contribution in [3.8, 4) is 0 Å². The molecule has 4 heteroatoms. The van der Waals surface area contributed by atoms with Crippen molar-refractivity contribution in [2.45, 2.75) is 51.5 Å². The van der Waals surface area contributed by atoms with E-state index in [1.807, 2.05) is 7.05 Å². The standard InChI is InChI=1S/C12H25NO2S/c1-3-16(14,15)10-6-8-11-7-4-5-9-12(11)13-2/h11-13H,3-10H2,1-2H3. The summed E-state index contributed by atoms with van der Waals surface area (Å²) in [5, 5.41) is 3.37. The summed E-state index contributed by atoms with van der Waals surface area (Å²) in [6.45, 7) is 1.73. The Morgan fingerprint density at radius 1 is 1.25 bits per heavy atom. The first kappa shape index (κ1) is 14.0. The van der Waals surface area contributed by atoms with Crippen LogP contribution in [-0.2, 0) is 9.84 Å². The van der Waals surface area contributed by atoms with Gasteiger partial charge in [-0.3, -0.25) is 0 Å². The van der Waals surface area contributed by atoms with E-state index in [1.165, 1.54) is 25.7 Å². The molecule has 2 unspecified atom stereocenters. The van der Waals surface area contributed by atoms with Crippen LogP contribution in [0.3, 0.4) is 0 Å². The molecular weight excluding hydrogens is 222 g/mol. The molecule has 1 rings (SSSR count). The van der Waals surface area contributed by atoms with Gasteiger partial charge in [-0.25, -0.2) is 8.42 Å². The molecule has 96 valence electrons. The van der Waals surface area contributed by atoms with E-state index < -0.39 is 9.84 Å². The third kappa shape index (κ3) is 4.42. The zero-order valence-corrected chi connectivity index (χ0v) is 11.4. The van der Waals surface area contributed by atoms with Crippen LogP contribution in [0, 0.1) is 5.92 Å². The van der Waals surface area contributed by atoms with Crippen molar-refractivity contribution in [3.05, 3.63) is 0 Å². The summed E-state index contributed by atoms with van der Waals surface area (Å²) in [6, 6.07) is 0.609. The van der Waals surface area contributed by atoms with Gasteiger partial charge in [-0.1, -0.05) is 19.8 Å². The Morgan fingerprint density at radius 3 is 2.56 bits per heavy atom. The average molecular weight is 247 g/mol. The molecule has 1 aliphatic carbocycles. The van der Waals surface area contributed by atoms with Crippen LogP contribution >= 0.6 is 0 Å². The molecule has 1 saturated carbocycles. The second-order valence-electron chi connectivity index (χ2n) is 4.82. The Labute approximate surface area is 99.9 Å². The van der Waals surface area contributed by atoms with Gasteiger partial charge in [0.25, 0.3) is 0 Å². The van der Waals surface area contributed by atoms with Gasteiger partial charge >= 0.3 is 0 Å². The van der Waals surface area contributed by atoms with Crippen molar-refractivity contribution in [1.29, 1.82) is 0 Å². The predicted octanol–water partition coefficient (Wildman–Crippen LogP) is 1.98. The fourth-order valence-corrected chi connectivity index (χ4v) is 3.54. The number of hydrogen-bond acceptors (Lipinski definition) is 3. The van der Waals surface area contributed by atoms with E-state index in [0.717, 1.165) is 12.8 Å². The molecule has 0 aliphatic heterocycles. The van der Waals surface area contributed by atoms with Crippen molar-refractivity contribution < 1.29 is 8.42 Å². The van der Waals surface area contributed by atoms with Gasteiger partial charge in [-0.15, -0.1) is 0 Å². The lowest BCUT2D eigenvalue weighted by molar-refractivity contribution is 0.259. The molecule has 3 nitrogen and oxygen atoms in total. The molecule has 0 spiro atoms. The molecule has 1 fully saturated rings. The maximum absolute atomic E-state index is 11.4. The summed E-state index contributed by atoms with van der Waals surface area (Å²) in [4.78, 5) is 0. The van der Waals surface area contributed by atoms with Gasteiger partial charge in [-0.05, 0) is 38.6 Å². The zero-order chi connectivity index (χ0) is 12.0. The minimum Gasteiger partial charge on any atom is -0.317 e. The minimum atomic E-state index is -2.76. The van der Waals surface area contributed by atoms with Crippen molar-refractivity contribution in [1.82, 2.24) is 5.32 Å². The molecule has 0 amide bonds. The number of nitrogens with one attached hydrogen (secondary N) is 1. The Hall–Kier alpha value is -0.0900. The maximum Gasteiger partial charge on any atom is 0.150 e. The number of rotatable bonds is 6. The van der Waals surface area contributed by atoms with E-state index in [-0.39, 0.29) is 5.75 Å². The fourth-order valence-electron chi connectivity index (χ4n) is 2.64. The molecule has 0 aromatic carbocycles.